The second-order valence-electron chi connectivity index (χ2n) is 5.30. The lowest BCUT2D eigenvalue weighted by Gasteiger charge is -2.27. The number of H-pyrrole nitrogens is 1. The van der Waals surface area contributed by atoms with Crippen molar-refractivity contribution < 1.29 is 9.18 Å². The van der Waals surface area contributed by atoms with E-state index in [4.69, 9.17) is 0 Å². The van der Waals surface area contributed by atoms with Gasteiger partial charge in [0.25, 0.3) is 5.91 Å². The summed E-state index contributed by atoms with van der Waals surface area (Å²) in [6.45, 7) is 0. The van der Waals surface area contributed by atoms with Crippen molar-refractivity contribution in [1.82, 2.24) is 15.5 Å². The topological polar surface area (TPSA) is 69.8 Å². The molecule has 1 aromatic heterocycles. The van der Waals surface area contributed by atoms with Crippen molar-refractivity contribution in [2.24, 2.45) is 0 Å². The summed E-state index contributed by atoms with van der Waals surface area (Å²) < 4.78 is 13.1. The van der Waals surface area contributed by atoms with Crippen LogP contribution < -0.4 is 10.6 Å². The Balaban J connectivity index is 1.72. The Morgan fingerprint density at radius 2 is 1.78 bits per heavy atom. The van der Waals surface area contributed by atoms with Crippen LogP contribution in [-0.4, -0.2) is 16.1 Å². The van der Waals surface area contributed by atoms with Crippen LogP contribution in [0, 0.1) is 5.82 Å². The second-order valence-corrected chi connectivity index (χ2v) is 5.30. The molecule has 2 heterocycles. The van der Waals surface area contributed by atoms with Crippen LogP contribution in [-0.2, 0) is 0 Å². The second kappa shape index (κ2) is 5.24. The lowest BCUT2D eigenvalue weighted by atomic mass is 10.0. The summed E-state index contributed by atoms with van der Waals surface area (Å²) in [4.78, 5) is 12.3. The molecule has 1 atom stereocenters. The molecule has 4 rings (SSSR count). The first-order chi connectivity index (χ1) is 11.2. The van der Waals surface area contributed by atoms with Gasteiger partial charge < -0.3 is 10.6 Å². The number of para-hydroxylation sites is 1. The highest BCUT2D eigenvalue weighted by molar-refractivity contribution is 6.01. The number of hydrogen-bond donors (Lipinski definition) is 3. The van der Waals surface area contributed by atoms with Crippen molar-refractivity contribution in [2.75, 3.05) is 5.32 Å². The highest BCUT2D eigenvalue weighted by Gasteiger charge is 2.27. The molecule has 0 radical (unpaired) electrons. The van der Waals surface area contributed by atoms with Gasteiger partial charge in [-0.3, -0.25) is 9.89 Å². The van der Waals surface area contributed by atoms with Gasteiger partial charge in [-0.05, 0) is 36.4 Å². The molecule has 0 fully saturated rings. The van der Waals surface area contributed by atoms with Crippen molar-refractivity contribution in [1.29, 1.82) is 0 Å². The molecule has 6 heteroatoms. The van der Waals surface area contributed by atoms with Gasteiger partial charge in [0.05, 0.1) is 17.5 Å². The number of amides is 1. The van der Waals surface area contributed by atoms with E-state index in [2.05, 4.69) is 20.8 Å². The molecule has 23 heavy (non-hydrogen) atoms. The minimum absolute atomic E-state index is 0.143. The van der Waals surface area contributed by atoms with Crippen molar-refractivity contribution in [3.63, 3.8) is 0 Å². The van der Waals surface area contributed by atoms with Crippen molar-refractivity contribution >= 4 is 11.6 Å². The maximum atomic E-state index is 13.1. The van der Waals surface area contributed by atoms with Crippen LogP contribution in [0.2, 0.25) is 0 Å². The van der Waals surface area contributed by atoms with Gasteiger partial charge in [0.1, 0.15) is 12.0 Å². The molecule has 0 aliphatic carbocycles. The van der Waals surface area contributed by atoms with E-state index < -0.39 is 6.17 Å². The SMILES string of the molecule is O=C1NC(c2cn[nH]c2-c2ccc(F)cc2)Nc2ccccc21. The Morgan fingerprint density at radius 1 is 1.00 bits per heavy atom. The Labute approximate surface area is 131 Å². The van der Waals surface area contributed by atoms with Crippen molar-refractivity contribution in [2.45, 2.75) is 6.17 Å². The maximum absolute atomic E-state index is 13.1. The van der Waals surface area contributed by atoms with E-state index in [-0.39, 0.29) is 11.7 Å². The number of nitrogens with one attached hydrogen (secondary N) is 3. The molecule has 0 saturated heterocycles. The molecule has 1 amide bonds. The fourth-order valence-corrected chi connectivity index (χ4v) is 2.73. The molecule has 0 spiro atoms. The zero-order valence-electron chi connectivity index (χ0n) is 12.0. The molecule has 3 N–H and O–H groups in total. The number of halogens is 1. The first kappa shape index (κ1) is 13.5. The number of benzene rings is 2. The average Bonchev–Trinajstić information content (AvgIpc) is 3.05. The van der Waals surface area contributed by atoms with E-state index >= 15 is 0 Å². The van der Waals surface area contributed by atoms with Crippen LogP contribution in [0.5, 0.6) is 0 Å². The number of aromatic amines is 1. The van der Waals surface area contributed by atoms with Gasteiger partial charge in [-0.1, -0.05) is 12.1 Å². The van der Waals surface area contributed by atoms with Crippen molar-refractivity contribution in [3.8, 4) is 11.3 Å². The zero-order valence-corrected chi connectivity index (χ0v) is 12.0. The lowest BCUT2D eigenvalue weighted by Crippen LogP contribution is -2.38. The molecule has 1 aliphatic heterocycles. The Kier molecular flexibility index (Phi) is 3.08. The number of carbonyl (C=O) groups excluding carboxylic acids is 1. The van der Waals surface area contributed by atoms with Crippen LogP contribution in [0.15, 0.2) is 54.7 Å². The first-order valence-corrected chi connectivity index (χ1v) is 7.18. The first-order valence-electron chi connectivity index (χ1n) is 7.18. The molecule has 1 unspecified atom stereocenters. The molecule has 0 bridgehead atoms. The maximum Gasteiger partial charge on any atom is 0.255 e. The van der Waals surface area contributed by atoms with Gasteiger partial charge in [-0.2, -0.15) is 5.10 Å². The predicted octanol–water partition coefficient (Wildman–Crippen LogP) is 3.07. The Bertz CT molecular complexity index is 872. The predicted molar refractivity (Wildman–Crippen MR) is 84.3 cm³/mol. The van der Waals surface area contributed by atoms with Gasteiger partial charge in [0.2, 0.25) is 0 Å². The van der Waals surface area contributed by atoms with Crippen LogP contribution in [0.25, 0.3) is 11.3 Å². The third-order valence-electron chi connectivity index (χ3n) is 3.86. The largest absolute Gasteiger partial charge is 0.361 e. The fraction of sp³-hybridized carbons (Fsp3) is 0.0588. The highest BCUT2D eigenvalue weighted by atomic mass is 19.1. The standard InChI is InChI=1S/C17H13FN4O/c18-11-7-5-10(6-8-11)15-13(9-19-22-15)16-20-14-4-2-1-3-12(14)17(23)21-16/h1-9,16,20H,(H,19,22)(H,21,23). The van der Waals surface area contributed by atoms with Crippen molar-refractivity contribution in [3.05, 3.63) is 71.7 Å². The molecule has 5 nitrogen and oxygen atoms in total. The summed E-state index contributed by atoms with van der Waals surface area (Å²) in [5.41, 5.74) is 3.71. The van der Waals surface area contributed by atoms with Gasteiger partial charge in [0, 0.05) is 16.8 Å². The van der Waals surface area contributed by atoms with E-state index in [0.29, 0.717) is 5.56 Å². The molecule has 1 aliphatic rings. The number of hydrogen-bond acceptors (Lipinski definition) is 3. The highest BCUT2D eigenvalue weighted by Crippen LogP contribution is 2.31. The quantitative estimate of drug-likeness (QED) is 0.681. The fourth-order valence-electron chi connectivity index (χ4n) is 2.73. The van der Waals surface area contributed by atoms with Crippen LogP contribution in [0.1, 0.15) is 22.1 Å². The Hall–Kier alpha value is -3.15. The van der Waals surface area contributed by atoms with Gasteiger partial charge >= 0.3 is 0 Å². The number of nitrogens with zero attached hydrogens (tertiary/aromatic N) is 1. The van der Waals surface area contributed by atoms with E-state index in [0.717, 1.165) is 22.5 Å². The van der Waals surface area contributed by atoms with E-state index in [1.165, 1.54) is 12.1 Å². The van der Waals surface area contributed by atoms with E-state index in [1.807, 2.05) is 18.2 Å². The van der Waals surface area contributed by atoms with Crippen LogP contribution in [0.4, 0.5) is 10.1 Å². The summed E-state index contributed by atoms with van der Waals surface area (Å²) in [5.74, 6) is -0.441. The summed E-state index contributed by atoms with van der Waals surface area (Å²) in [6, 6.07) is 13.4. The lowest BCUT2D eigenvalue weighted by molar-refractivity contribution is 0.0936. The number of aromatic nitrogens is 2. The van der Waals surface area contributed by atoms with Gasteiger partial charge in [0.15, 0.2) is 0 Å². The summed E-state index contributed by atoms with van der Waals surface area (Å²) in [5, 5.41) is 13.2. The monoisotopic (exact) mass is 308 g/mol. The summed E-state index contributed by atoms with van der Waals surface area (Å²) >= 11 is 0. The minimum Gasteiger partial charge on any atom is -0.361 e. The van der Waals surface area contributed by atoms with E-state index in [1.54, 1.807) is 24.4 Å². The van der Waals surface area contributed by atoms with E-state index in [9.17, 15) is 9.18 Å². The normalized spacial score (nSPS) is 16.4. The number of rotatable bonds is 2. The number of carbonyl (C=O) groups is 1. The van der Waals surface area contributed by atoms with Gasteiger partial charge in [-0.15, -0.1) is 0 Å². The number of anilines is 1. The molecular formula is C17H13FN4O. The zero-order chi connectivity index (χ0) is 15.8. The molecule has 0 saturated carbocycles. The van der Waals surface area contributed by atoms with Crippen LogP contribution >= 0.6 is 0 Å². The molecule has 114 valence electrons. The Morgan fingerprint density at radius 3 is 2.61 bits per heavy atom. The average molecular weight is 308 g/mol. The minimum atomic E-state index is -0.406. The smallest absolute Gasteiger partial charge is 0.255 e. The summed E-state index contributed by atoms with van der Waals surface area (Å²) in [6.07, 6.45) is 1.25. The molecular weight excluding hydrogens is 295 g/mol. The molecule has 3 aromatic rings. The third-order valence-corrected chi connectivity index (χ3v) is 3.86. The molecule has 2 aromatic carbocycles. The third kappa shape index (κ3) is 2.34. The summed E-state index contributed by atoms with van der Waals surface area (Å²) in [7, 11) is 0. The van der Waals surface area contributed by atoms with Gasteiger partial charge in [-0.25, -0.2) is 4.39 Å². The van der Waals surface area contributed by atoms with Crippen LogP contribution in [0.3, 0.4) is 0 Å². The number of fused-ring (bicyclic) bond motifs is 1.